The Bertz CT molecular complexity index is 870. The summed E-state index contributed by atoms with van der Waals surface area (Å²) >= 11 is 0. The van der Waals surface area contributed by atoms with Crippen LogP contribution in [0.3, 0.4) is 0 Å². The molecule has 0 saturated carbocycles. The second kappa shape index (κ2) is 8.12. The van der Waals surface area contributed by atoms with Crippen molar-refractivity contribution >= 4 is 23.7 Å². The molecule has 2 rings (SSSR count). The topological polar surface area (TPSA) is 149 Å². The van der Waals surface area contributed by atoms with Crippen LogP contribution < -0.4 is 11.4 Å². The van der Waals surface area contributed by atoms with Gasteiger partial charge in [0.2, 0.25) is 0 Å². The molecule has 1 aromatic heterocycles. The Kier molecular flexibility index (Phi) is 4.86. The fourth-order valence-electron chi connectivity index (χ4n) is 2.45. The normalized spacial score (nSPS) is 25.7. The number of aromatic nitrogens is 2. The van der Waals surface area contributed by atoms with E-state index in [2.05, 4.69) is 4.98 Å². The number of rotatable bonds is 5. The van der Waals surface area contributed by atoms with Gasteiger partial charge in [0.25, 0.3) is 0 Å². The maximum Gasteiger partial charge on any atom is 0.351 e. The summed E-state index contributed by atoms with van der Waals surface area (Å²) in [5, 5.41) is 0. The van der Waals surface area contributed by atoms with Crippen LogP contribution in [0.5, 0.6) is 0 Å². The predicted octanol–water partition coefficient (Wildman–Crippen LogP) is -0.711. The summed E-state index contributed by atoms with van der Waals surface area (Å²) in [7, 11) is 0. The highest BCUT2D eigenvalue weighted by atomic mass is 19.1. The van der Waals surface area contributed by atoms with Crippen LogP contribution in [0.15, 0.2) is 11.0 Å². The van der Waals surface area contributed by atoms with Crippen LogP contribution in [0, 0.1) is 5.82 Å². The zero-order chi connectivity index (χ0) is 22.4. The molecule has 4 atom stereocenters. The molecular formula is C15H18FN3O8. The maximum absolute atomic E-state index is 13.9. The van der Waals surface area contributed by atoms with Gasteiger partial charge >= 0.3 is 23.6 Å². The average Bonchev–Trinajstić information content (AvgIpc) is 3.05. The number of nitrogens with two attached hydrogens (primary N) is 1. The Balaban J connectivity index is 2.45. The first kappa shape index (κ1) is 16.2. The molecule has 11 nitrogen and oxygen atoms in total. The number of esters is 3. The van der Waals surface area contributed by atoms with Gasteiger partial charge in [-0.3, -0.25) is 19.0 Å². The quantitative estimate of drug-likeness (QED) is 0.504. The number of ether oxygens (including phenoxy) is 4. The van der Waals surface area contributed by atoms with E-state index in [9.17, 15) is 23.6 Å². The Morgan fingerprint density at radius 3 is 2.52 bits per heavy atom. The highest BCUT2D eigenvalue weighted by Gasteiger charge is 2.51. The van der Waals surface area contributed by atoms with E-state index in [0.717, 1.165) is 0 Å². The van der Waals surface area contributed by atoms with E-state index < -0.39 is 87.1 Å². The number of anilines is 1. The molecule has 0 aliphatic carbocycles. The molecule has 1 aliphatic heterocycles. The summed E-state index contributed by atoms with van der Waals surface area (Å²) in [6.45, 7) is -2.92. The minimum Gasteiger partial charge on any atom is -0.463 e. The van der Waals surface area contributed by atoms with Gasteiger partial charge in [0.1, 0.15) is 12.7 Å². The van der Waals surface area contributed by atoms with Crippen LogP contribution in [-0.4, -0.2) is 52.4 Å². The van der Waals surface area contributed by atoms with Gasteiger partial charge in [0.15, 0.2) is 30.1 Å². The highest BCUT2D eigenvalue weighted by molar-refractivity contribution is 5.68. The molecule has 2 heterocycles. The van der Waals surface area contributed by atoms with Crippen LogP contribution in [0.1, 0.15) is 31.0 Å². The van der Waals surface area contributed by atoms with Crippen LogP contribution in [0.25, 0.3) is 0 Å². The predicted molar refractivity (Wildman–Crippen MR) is 84.5 cm³/mol. The molecule has 148 valence electrons. The van der Waals surface area contributed by atoms with Gasteiger partial charge in [-0.1, -0.05) is 0 Å². The largest absolute Gasteiger partial charge is 0.463 e. The Labute approximate surface area is 156 Å². The summed E-state index contributed by atoms with van der Waals surface area (Å²) in [4.78, 5) is 50.2. The summed E-state index contributed by atoms with van der Waals surface area (Å²) in [5.41, 5.74) is 4.16. The van der Waals surface area contributed by atoms with Gasteiger partial charge in [-0.2, -0.15) is 4.98 Å². The Morgan fingerprint density at radius 1 is 1.26 bits per heavy atom. The van der Waals surface area contributed by atoms with Crippen molar-refractivity contribution in [1.82, 2.24) is 9.55 Å². The molecule has 27 heavy (non-hydrogen) atoms. The van der Waals surface area contributed by atoms with Crippen LogP contribution in [0.2, 0.25) is 0 Å². The van der Waals surface area contributed by atoms with Crippen molar-refractivity contribution in [3.8, 4) is 0 Å². The van der Waals surface area contributed by atoms with Crippen molar-refractivity contribution in [2.75, 3.05) is 12.3 Å². The zero-order valence-corrected chi connectivity index (χ0v) is 13.8. The molecule has 1 aromatic rings. The standard InChI is InChI=1S/C15H18FN3O8/c1-6(20)24-5-10-11(25-7(2)21)12(26-8(3)22)14(27-10)19-4-9(16)13(17)18-15(19)23/h4,10-12,14H,5H2,1-3H3,(H2,17,18,23)/t10-,11+,12-,14?/m1/s1/i1D,2D,3D. The lowest BCUT2D eigenvalue weighted by atomic mass is 10.1. The fraction of sp³-hybridized carbons (Fsp3) is 0.533. The van der Waals surface area contributed by atoms with Gasteiger partial charge in [0.05, 0.1) is 6.20 Å². The third kappa shape index (κ3) is 4.78. The average molecular weight is 390 g/mol. The molecular weight excluding hydrogens is 369 g/mol. The summed E-state index contributed by atoms with van der Waals surface area (Å²) in [5.74, 6) is -4.85. The minimum absolute atomic E-state index is 0.571. The van der Waals surface area contributed by atoms with E-state index in [-0.39, 0.29) is 0 Å². The molecule has 0 aromatic carbocycles. The van der Waals surface area contributed by atoms with Crippen molar-refractivity contribution in [2.45, 2.75) is 45.2 Å². The van der Waals surface area contributed by atoms with Crippen molar-refractivity contribution in [3.63, 3.8) is 0 Å². The first-order valence-corrected chi connectivity index (χ1v) is 7.33. The fourth-order valence-corrected chi connectivity index (χ4v) is 2.45. The van der Waals surface area contributed by atoms with Gasteiger partial charge in [-0.15, -0.1) is 0 Å². The first-order chi connectivity index (χ1) is 14.2. The molecule has 0 radical (unpaired) electrons. The van der Waals surface area contributed by atoms with Gasteiger partial charge in [-0.05, 0) is 0 Å². The van der Waals surface area contributed by atoms with Crippen molar-refractivity contribution < 1.29 is 41.8 Å². The minimum atomic E-state index is -1.58. The molecule has 1 unspecified atom stereocenters. The monoisotopic (exact) mass is 390 g/mol. The number of halogens is 1. The third-order valence-corrected chi connectivity index (χ3v) is 3.44. The lowest BCUT2D eigenvalue weighted by molar-refractivity contribution is -0.166. The summed E-state index contributed by atoms with van der Waals surface area (Å²) < 4.78 is 56.1. The lowest BCUT2D eigenvalue weighted by Crippen LogP contribution is -2.42. The molecule has 0 bridgehead atoms. The van der Waals surface area contributed by atoms with Crippen molar-refractivity contribution in [3.05, 3.63) is 22.5 Å². The lowest BCUT2D eigenvalue weighted by Gasteiger charge is -2.23. The van der Waals surface area contributed by atoms with Crippen molar-refractivity contribution in [1.29, 1.82) is 0 Å². The van der Waals surface area contributed by atoms with Crippen LogP contribution in [-0.2, 0) is 33.3 Å². The molecule has 1 fully saturated rings. The van der Waals surface area contributed by atoms with Gasteiger partial charge in [0, 0.05) is 24.8 Å². The SMILES string of the molecule is [2H]CC(=O)OC[C@H]1OC(n2cc(F)c(N)nc2=O)[C@H](OC(=O)C[2H])[C@H]1OC(=O)C[2H]. The number of carbonyl (C=O) groups is 3. The first-order valence-electron chi connectivity index (χ1n) is 9.45. The molecule has 12 heteroatoms. The molecule has 1 aliphatic rings. The van der Waals surface area contributed by atoms with E-state index in [4.69, 9.17) is 28.8 Å². The Morgan fingerprint density at radius 2 is 1.89 bits per heavy atom. The molecule has 2 N–H and O–H groups in total. The molecule has 0 spiro atoms. The second-order valence-electron chi connectivity index (χ2n) is 5.32. The van der Waals surface area contributed by atoms with E-state index in [0.29, 0.717) is 10.8 Å². The molecule has 0 amide bonds. The van der Waals surface area contributed by atoms with Gasteiger partial charge in [-0.25, -0.2) is 9.18 Å². The van der Waals surface area contributed by atoms with E-state index in [1.165, 1.54) is 0 Å². The second-order valence-corrected chi connectivity index (χ2v) is 5.32. The van der Waals surface area contributed by atoms with Crippen LogP contribution in [0.4, 0.5) is 10.2 Å². The van der Waals surface area contributed by atoms with E-state index in [1.807, 2.05) is 0 Å². The van der Waals surface area contributed by atoms with E-state index >= 15 is 0 Å². The van der Waals surface area contributed by atoms with Crippen LogP contribution >= 0.6 is 0 Å². The summed E-state index contributed by atoms with van der Waals surface area (Å²) in [6, 6.07) is 0. The Hall–Kier alpha value is -3.02. The number of nitrogen functional groups attached to an aromatic ring is 1. The maximum atomic E-state index is 13.9. The van der Waals surface area contributed by atoms with Crippen molar-refractivity contribution in [2.24, 2.45) is 0 Å². The van der Waals surface area contributed by atoms with Gasteiger partial charge < -0.3 is 24.7 Å². The number of hydrogen-bond donors (Lipinski definition) is 1. The number of nitrogens with zero attached hydrogens (tertiary/aromatic N) is 2. The van der Waals surface area contributed by atoms with E-state index in [1.54, 1.807) is 0 Å². The zero-order valence-electron chi connectivity index (χ0n) is 16.8. The smallest absolute Gasteiger partial charge is 0.351 e. The third-order valence-electron chi connectivity index (χ3n) is 3.44. The number of carbonyl (C=O) groups excluding carboxylic acids is 3. The summed E-state index contributed by atoms with van der Waals surface area (Å²) in [6.07, 6.45) is -5.30. The molecule has 1 saturated heterocycles. The highest BCUT2D eigenvalue weighted by Crippen LogP contribution is 2.33. The number of hydrogen-bond acceptors (Lipinski definition) is 10.